The smallest absolute Gasteiger partial charge is 0.218 e. The number of benzene rings is 3. The summed E-state index contributed by atoms with van der Waals surface area (Å²) in [5, 5.41) is 1.81. The highest BCUT2D eigenvalue weighted by Crippen LogP contribution is 2.29. The van der Waals surface area contributed by atoms with E-state index in [0.29, 0.717) is 17.9 Å². The zero-order valence-corrected chi connectivity index (χ0v) is 16.1. The number of aromatic nitrogens is 1. The van der Waals surface area contributed by atoms with E-state index >= 15 is 0 Å². The van der Waals surface area contributed by atoms with Gasteiger partial charge in [-0.2, -0.15) is 0 Å². The molecule has 3 nitrogen and oxygen atoms in total. The Morgan fingerprint density at radius 1 is 0.929 bits per heavy atom. The van der Waals surface area contributed by atoms with Crippen molar-refractivity contribution in [3.8, 4) is 11.1 Å². The maximum absolute atomic E-state index is 11.7. The maximum atomic E-state index is 11.7. The molecule has 1 atom stereocenters. The predicted molar refractivity (Wildman–Crippen MR) is 115 cm³/mol. The van der Waals surface area contributed by atoms with E-state index in [4.69, 9.17) is 17.3 Å². The molecule has 4 aromatic rings. The van der Waals surface area contributed by atoms with Gasteiger partial charge in [0.25, 0.3) is 0 Å². The lowest BCUT2D eigenvalue weighted by Gasteiger charge is -2.16. The zero-order valence-electron chi connectivity index (χ0n) is 15.4. The molecule has 1 unspecified atom stereocenters. The van der Waals surface area contributed by atoms with Crippen molar-refractivity contribution >= 4 is 28.4 Å². The number of rotatable bonds is 6. The summed E-state index contributed by atoms with van der Waals surface area (Å²) in [5.74, 6) is -0.276. The van der Waals surface area contributed by atoms with Crippen LogP contribution in [0.4, 0.5) is 0 Å². The van der Waals surface area contributed by atoms with Gasteiger partial charge in [-0.3, -0.25) is 4.79 Å². The average Bonchev–Trinajstić information content (AvgIpc) is 3.09. The number of carbonyl (C=O) groups excluding carboxylic acids is 1. The third-order valence-electron chi connectivity index (χ3n) is 5.04. The zero-order chi connectivity index (χ0) is 19.5. The van der Waals surface area contributed by atoms with Gasteiger partial charge in [-0.1, -0.05) is 72.3 Å². The predicted octanol–water partition coefficient (Wildman–Crippen LogP) is 5.69. The number of hydrogen-bond donors (Lipinski definition) is 2. The molecule has 3 aromatic carbocycles. The Morgan fingerprint density at radius 3 is 2.36 bits per heavy atom. The number of halogens is 1. The van der Waals surface area contributed by atoms with E-state index in [2.05, 4.69) is 47.4 Å². The number of fused-ring (bicyclic) bond motifs is 1. The van der Waals surface area contributed by atoms with Crippen molar-refractivity contribution in [3.05, 3.63) is 95.1 Å². The minimum absolute atomic E-state index is 0.0193. The van der Waals surface area contributed by atoms with Gasteiger partial charge in [-0.05, 0) is 52.6 Å². The van der Waals surface area contributed by atoms with E-state index in [9.17, 15) is 4.79 Å². The lowest BCUT2D eigenvalue weighted by Crippen LogP contribution is -2.17. The molecule has 3 N–H and O–H groups in total. The lowest BCUT2D eigenvalue weighted by molar-refractivity contribution is -0.118. The molecule has 0 bridgehead atoms. The van der Waals surface area contributed by atoms with Gasteiger partial charge in [0.15, 0.2) is 0 Å². The minimum Gasteiger partial charge on any atom is -0.370 e. The molecule has 0 fully saturated rings. The summed E-state index contributed by atoms with van der Waals surface area (Å²) in [7, 11) is 0. The highest BCUT2D eigenvalue weighted by atomic mass is 35.5. The van der Waals surface area contributed by atoms with Crippen LogP contribution < -0.4 is 5.73 Å². The van der Waals surface area contributed by atoms with Gasteiger partial charge in [-0.15, -0.1) is 0 Å². The van der Waals surface area contributed by atoms with Crippen LogP contribution in [0.1, 0.15) is 23.6 Å². The Bertz CT molecular complexity index is 1100. The van der Waals surface area contributed by atoms with Crippen LogP contribution in [0.25, 0.3) is 22.0 Å². The van der Waals surface area contributed by atoms with Crippen molar-refractivity contribution in [2.24, 2.45) is 5.73 Å². The van der Waals surface area contributed by atoms with E-state index in [1.807, 2.05) is 36.4 Å². The minimum atomic E-state index is -0.295. The average molecular weight is 389 g/mol. The number of primary amides is 1. The van der Waals surface area contributed by atoms with E-state index < -0.39 is 0 Å². The van der Waals surface area contributed by atoms with Gasteiger partial charge in [0, 0.05) is 22.7 Å². The standard InChI is InChI=1S/C24H21ClN2O/c25-21-11-10-19-12-22(27-23(19)15-21)13-20(14-24(26)28)18-8-6-17(7-9-18)16-4-2-1-3-5-16/h1-12,15,20,27H,13-14H2,(H2,26,28). The van der Waals surface area contributed by atoms with Crippen LogP contribution in [0.3, 0.4) is 0 Å². The van der Waals surface area contributed by atoms with Crippen molar-refractivity contribution in [2.75, 3.05) is 0 Å². The maximum Gasteiger partial charge on any atom is 0.218 e. The highest BCUT2D eigenvalue weighted by molar-refractivity contribution is 6.31. The second-order valence-corrected chi connectivity index (χ2v) is 7.52. The summed E-state index contributed by atoms with van der Waals surface area (Å²) in [6.07, 6.45) is 1.01. The third kappa shape index (κ3) is 4.10. The number of H-pyrrole nitrogens is 1. The number of nitrogens with two attached hydrogens (primary N) is 1. The molecule has 0 aliphatic rings. The Morgan fingerprint density at radius 2 is 1.64 bits per heavy atom. The fourth-order valence-corrected chi connectivity index (χ4v) is 3.84. The number of carbonyl (C=O) groups is 1. The fourth-order valence-electron chi connectivity index (χ4n) is 3.66. The normalized spacial score (nSPS) is 12.2. The SMILES string of the molecule is NC(=O)CC(Cc1cc2ccc(Cl)cc2[nH]1)c1ccc(-c2ccccc2)cc1. The second-order valence-electron chi connectivity index (χ2n) is 7.09. The Hall–Kier alpha value is -3.04. The Balaban J connectivity index is 1.61. The first-order valence-electron chi connectivity index (χ1n) is 9.29. The van der Waals surface area contributed by atoms with Crippen LogP contribution in [0, 0.1) is 0 Å². The summed E-state index contributed by atoms with van der Waals surface area (Å²) in [5.41, 5.74) is 11.0. The van der Waals surface area contributed by atoms with Crippen LogP contribution in [0.2, 0.25) is 5.02 Å². The monoisotopic (exact) mass is 388 g/mol. The molecular formula is C24H21ClN2O. The van der Waals surface area contributed by atoms with Crippen LogP contribution in [-0.4, -0.2) is 10.9 Å². The van der Waals surface area contributed by atoms with Crippen LogP contribution in [0.15, 0.2) is 78.9 Å². The molecule has 4 heteroatoms. The third-order valence-corrected chi connectivity index (χ3v) is 5.28. The van der Waals surface area contributed by atoms with Crippen LogP contribution in [0.5, 0.6) is 0 Å². The van der Waals surface area contributed by atoms with Crippen molar-refractivity contribution < 1.29 is 4.79 Å². The molecular weight excluding hydrogens is 368 g/mol. The Kier molecular flexibility index (Phi) is 5.18. The quantitative estimate of drug-likeness (QED) is 0.438. The Labute approximate surface area is 169 Å². The molecule has 4 rings (SSSR count). The molecule has 28 heavy (non-hydrogen) atoms. The van der Waals surface area contributed by atoms with Gasteiger partial charge >= 0.3 is 0 Å². The highest BCUT2D eigenvalue weighted by Gasteiger charge is 2.17. The second kappa shape index (κ2) is 7.91. The van der Waals surface area contributed by atoms with Crippen molar-refractivity contribution in [3.63, 3.8) is 0 Å². The van der Waals surface area contributed by atoms with Gasteiger partial charge in [-0.25, -0.2) is 0 Å². The first-order chi connectivity index (χ1) is 13.6. The van der Waals surface area contributed by atoms with Crippen molar-refractivity contribution in [2.45, 2.75) is 18.8 Å². The molecule has 1 heterocycles. The van der Waals surface area contributed by atoms with Gasteiger partial charge in [0.1, 0.15) is 0 Å². The lowest BCUT2D eigenvalue weighted by atomic mass is 9.89. The van der Waals surface area contributed by atoms with E-state index in [0.717, 1.165) is 27.7 Å². The molecule has 1 amide bonds. The van der Waals surface area contributed by atoms with Crippen LogP contribution in [-0.2, 0) is 11.2 Å². The number of nitrogens with one attached hydrogen (secondary N) is 1. The molecule has 0 aliphatic carbocycles. The molecule has 140 valence electrons. The molecule has 0 aliphatic heterocycles. The topological polar surface area (TPSA) is 58.9 Å². The molecule has 1 aromatic heterocycles. The van der Waals surface area contributed by atoms with E-state index in [1.165, 1.54) is 5.56 Å². The van der Waals surface area contributed by atoms with E-state index in [-0.39, 0.29) is 11.8 Å². The molecule has 0 saturated carbocycles. The van der Waals surface area contributed by atoms with Gasteiger partial charge in [0.05, 0.1) is 0 Å². The summed E-state index contributed by atoms with van der Waals surface area (Å²) >= 11 is 6.08. The first kappa shape index (κ1) is 18.3. The van der Waals surface area contributed by atoms with E-state index in [1.54, 1.807) is 0 Å². The van der Waals surface area contributed by atoms with Gasteiger partial charge in [0.2, 0.25) is 5.91 Å². The molecule has 0 saturated heterocycles. The summed E-state index contributed by atoms with van der Waals surface area (Å²) in [4.78, 5) is 15.1. The van der Waals surface area contributed by atoms with Crippen molar-refractivity contribution in [1.29, 1.82) is 0 Å². The summed E-state index contributed by atoms with van der Waals surface area (Å²) < 4.78 is 0. The molecule has 0 radical (unpaired) electrons. The number of amides is 1. The van der Waals surface area contributed by atoms with Crippen molar-refractivity contribution in [1.82, 2.24) is 4.98 Å². The van der Waals surface area contributed by atoms with Crippen LogP contribution >= 0.6 is 11.6 Å². The summed E-state index contributed by atoms with van der Waals surface area (Å²) in [6.45, 7) is 0. The fraction of sp³-hybridized carbons (Fsp3) is 0.125. The van der Waals surface area contributed by atoms with Gasteiger partial charge < -0.3 is 10.7 Å². The molecule has 0 spiro atoms. The largest absolute Gasteiger partial charge is 0.370 e. The number of hydrogen-bond acceptors (Lipinski definition) is 1. The first-order valence-corrected chi connectivity index (χ1v) is 9.67. The summed E-state index contributed by atoms with van der Waals surface area (Å²) in [6, 6.07) is 26.5. The number of aromatic amines is 1.